The van der Waals surface area contributed by atoms with Gasteiger partial charge in [0.05, 0.1) is 0 Å². The molecule has 0 aliphatic heterocycles. The summed E-state index contributed by atoms with van der Waals surface area (Å²) in [5, 5.41) is 3.62. The zero-order valence-corrected chi connectivity index (χ0v) is 19.0. The maximum Gasteiger partial charge on any atom is 0.263 e. The third-order valence-corrected chi connectivity index (χ3v) is 5.72. The van der Waals surface area contributed by atoms with Gasteiger partial charge >= 0.3 is 0 Å². The lowest BCUT2D eigenvalue weighted by molar-refractivity contribution is -0.134. The second-order valence-corrected chi connectivity index (χ2v) is 8.72. The highest BCUT2D eigenvalue weighted by Crippen LogP contribution is 2.33. The summed E-state index contributed by atoms with van der Waals surface area (Å²) in [5.74, 6) is -1.88. The van der Waals surface area contributed by atoms with Gasteiger partial charge in [-0.1, -0.05) is 61.0 Å². The number of nitrogens with one attached hydrogen (secondary N) is 1. The third kappa shape index (κ3) is 6.07. The number of amides is 1. The highest BCUT2D eigenvalue weighted by atomic mass is 35.5. The third-order valence-electron chi connectivity index (χ3n) is 5.47. The van der Waals surface area contributed by atoms with Gasteiger partial charge in [0.1, 0.15) is 17.4 Å². The Labute approximate surface area is 192 Å². The molecule has 0 saturated heterocycles. The average molecular weight is 458 g/mol. The zero-order chi connectivity index (χ0) is 23.3. The molecule has 1 amide bonds. The number of hydrogen-bond donors (Lipinski definition) is 1. The van der Waals surface area contributed by atoms with Crippen molar-refractivity contribution < 1.29 is 18.3 Å². The molecule has 0 aromatic heterocycles. The molecule has 3 aromatic rings. The Morgan fingerprint density at radius 1 is 0.969 bits per heavy atom. The minimum Gasteiger partial charge on any atom is -0.478 e. The fourth-order valence-corrected chi connectivity index (χ4v) is 3.75. The van der Waals surface area contributed by atoms with E-state index in [0.717, 1.165) is 29.3 Å². The second kappa shape index (κ2) is 10.1. The van der Waals surface area contributed by atoms with Crippen LogP contribution in [0.2, 0.25) is 5.02 Å². The van der Waals surface area contributed by atoms with Crippen molar-refractivity contribution in [1.29, 1.82) is 0 Å². The van der Waals surface area contributed by atoms with Crippen LogP contribution in [0.15, 0.2) is 72.8 Å². The molecule has 0 aliphatic rings. The maximum absolute atomic E-state index is 13.5. The van der Waals surface area contributed by atoms with Crippen molar-refractivity contribution in [3.63, 3.8) is 0 Å². The largest absolute Gasteiger partial charge is 0.478 e. The Balaban J connectivity index is 1.76. The van der Waals surface area contributed by atoms with Crippen LogP contribution in [0.3, 0.4) is 0 Å². The van der Waals surface area contributed by atoms with Gasteiger partial charge in [-0.05, 0) is 43.0 Å². The van der Waals surface area contributed by atoms with Gasteiger partial charge in [-0.25, -0.2) is 8.78 Å². The zero-order valence-electron chi connectivity index (χ0n) is 18.2. The predicted molar refractivity (Wildman–Crippen MR) is 123 cm³/mol. The number of hydrogen-bond acceptors (Lipinski definition) is 2. The molecule has 0 heterocycles. The standard InChI is InChI=1S/C26H26ClF2NO2/c1-17(18-9-11-20(27)12-10-18)24(19-7-5-4-6-8-19)16-30-25(31)26(2,3)32-23-14-21(28)13-22(29)15-23/h4-15,17,24H,16H2,1-3H3,(H,30,31). The van der Waals surface area contributed by atoms with Gasteiger partial charge in [0.15, 0.2) is 5.60 Å². The Morgan fingerprint density at radius 2 is 1.56 bits per heavy atom. The molecule has 0 spiro atoms. The fraction of sp³-hybridized carbons (Fsp3) is 0.269. The quantitative estimate of drug-likeness (QED) is 0.420. The van der Waals surface area contributed by atoms with Crippen LogP contribution in [0.5, 0.6) is 5.75 Å². The first-order valence-corrected chi connectivity index (χ1v) is 10.8. The van der Waals surface area contributed by atoms with Gasteiger partial charge in [0, 0.05) is 35.7 Å². The monoisotopic (exact) mass is 457 g/mol. The molecule has 0 aliphatic carbocycles. The van der Waals surface area contributed by atoms with Gasteiger partial charge in [0.25, 0.3) is 5.91 Å². The first kappa shape index (κ1) is 23.7. The fourth-order valence-electron chi connectivity index (χ4n) is 3.63. The van der Waals surface area contributed by atoms with E-state index in [1.807, 2.05) is 54.6 Å². The lowest BCUT2D eigenvalue weighted by atomic mass is 9.82. The summed E-state index contributed by atoms with van der Waals surface area (Å²) in [5.41, 5.74) is 0.856. The molecule has 0 saturated carbocycles. The first-order chi connectivity index (χ1) is 15.2. The summed E-state index contributed by atoms with van der Waals surface area (Å²) >= 11 is 6.03. The van der Waals surface area contributed by atoms with Crippen molar-refractivity contribution in [1.82, 2.24) is 5.32 Å². The smallest absolute Gasteiger partial charge is 0.263 e. The summed E-state index contributed by atoms with van der Waals surface area (Å²) in [6.07, 6.45) is 0. The van der Waals surface area contributed by atoms with Crippen LogP contribution < -0.4 is 10.1 Å². The topological polar surface area (TPSA) is 38.3 Å². The number of carbonyl (C=O) groups excluding carboxylic acids is 1. The molecule has 3 aromatic carbocycles. The normalized spacial score (nSPS) is 13.3. The number of halogens is 3. The van der Waals surface area contributed by atoms with E-state index in [1.165, 1.54) is 0 Å². The maximum atomic E-state index is 13.5. The molecule has 3 nitrogen and oxygen atoms in total. The van der Waals surface area contributed by atoms with E-state index >= 15 is 0 Å². The highest BCUT2D eigenvalue weighted by Gasteiger charge is 2.31. The van der Waals surface area contributed by atoms with E-state index < -0.39 is 17.2 Å². The molecular weight excluding hydrogens is 432 g/mol. The number of ether oxygens (including phenoxy) is 1. The molecule has 2 unspecified atom stereocenters. The molecule has 0 bridgehead atoms. The molecule has 6 heteroatoms. The van der Waals surface area contributed by atoms with Crippen LogP contribution in [0.4, 0.5) is 8.78 Å². The minimum atomic E-state index is -1.33. The van der Waals surface area contributed by atoms with E-state index in [1.54, 1.807) is 13.8 Å². The van der Waals surface area contributed by atoms with E-state index in [4.69, 9.17) is 16.3 Å². The predicted octanol–water partition coefficient (Wildman–Crippen LogP) is 6.48. The SMILES string of the molecule is CC(c1ccc(Cl)cc1)C(CNC(=O)C(C)(C)Oc1cc(F)cc(F)c1)c1ccccc1. The van der Waals surface area contributed by atoms with Crippen LogP contribution in [0.25, 0.3) is 0 Å². The van der Waals surface area contributed by atoms with Gasteiger partial charge < -0.3 is 10.1 Å². The lowest BCUT2D eigenvalue weighted by Gasteiger charge is -2.29. The molecule has 1 N–H and O–H groups in total. The Morgan fingerprint density at radius 3 is 2.16 bits per heavy atom. The van der Waals surface area contributed by atoms with Gasteiger partial charge in [-0.15, -0.1) is 0 Å². The van der Waals surface area contributed by atoms with Crippen molar-refractivity contribution in [2.45, 2.75) is 38.2 Å². The van der Waals surface area contributed by atoms with Crippen LogP contribution in [0, 0.1) is 11.6 Å². The van der Waals surface area contributed by atoms with Gasteiger partial charge in [0.2, 0.25) is 0 Å². The van der Waals surface area contributed by atoms with Crippen molar-refractivity contribution in [3.05, 3.63) is 101 Å². The second-order valence-electron chi connectivity index (χ2n) is 8.28. The van der Waals surface area contributed by atoms with E-state index in [-0.39, 0.29) is 23.5 Å². The summed E-state index contributed by atoms with van der Waals surface area (Å²) in [7, 11) is 0. The van der Waals surface area contributed by atoms with E-state index in [9.17, 15) is 13.6 Å². The number of benzene rings is 3. The van der Waals surface area contributed by atoms with E-state index in [2.05, 4.69) is 12.2 Å². The van der Waals surface area contributed by atoms with E-state index in [0.29, 0.717) is 11.6 Å². The Bertz CT molecular complexity index is 1030. The first-order valence-electron chi connectivity index (χ1n) is 10.4. The van der Waals surface area contributed by atoms with Gasteiger partial charge in [-0.2, -0.15) is 0 Å². The van der Waals surface area contributed by atoms with Crippen LogP contribution in [-0.2, 0) is 4.79 Å². The van der Waals surface area contributed by atoms with Crippen molar-refractivity contribution in [2.75, 3.05) is 6.54 Å². The molecule has 3 rings (SSSR count). The molecule has 168 valence electrons. The summed E-state index contributed by atoms with van der Waals surface area (Å²) in [6, 6.07) is 20.4. The van der Waals surface area contributed by atoms with Crippen molar-refractivity contribution in [2.24, 2.45) is 0 Å². The molecule has 2 atom stereocenters. The Kier molecular flexibility index (Phi) is 7.52. The Hall–Kier alpha value is -2.92. The van der Waals surface area contributed by atoms with Crippen LogP contribution in [-0.4, -0.2) is 18.1 Å². The van der Waals surface area contributed by atoms with Gasteiger partial charge in [-0.3, -0.25) is 4.79 Å². The number of carbonyl (C=O) groups is 1. The lowest BCUT2D eigenvalue weighted by Crippen LogP contribution is -2.47. The van der Waals surface area contributed by atoms with Crippen LogP contribution >= 0.6 is 11.6 Å². The highest BCUT2D eigenvalue weighted by molar-refractivity contribution is 6.30. The molecular formula is C26H26ClF2NO2. The summed E-state index contributed by atoms with van der Waals surface area (Å²) in [4.78, 5) is 12.9. The molecule has 0 radical (unpaired) electrons. The van der Waals surface area contributed by atoms with Crippen molar-refractivity contribution >= 4 is 17.5 Å². The summed E-state index contributed by atoms with van der Waals surface area (Å²) in [6.45, 7) is 5.58. The van der Waals surface area contributed by atoms with Crippen LogP contribution in [0.1, 0.15) is 43.7 Å². The minimum absolute atomic E-state index is 0.0104. The molecule has 0 fully saturated rings. The van der Waals surface area contributed by atoms with Crippen molar-refractivity contribution in [3.8, 4) is 5.75 Å². The average Bonchev–Trinajstić information content (AvgIpc) is 2.73. The summed E-state index contributed by atoms with van der Waals surface area (Å²) < 4.78 is 32.6. The number of rotatable bonds is 8. The molecule has 32 heavy (non-hydrogen) atoms.